The van der Waals surface area contributed by atoms with Gasteiger partial charge in [0, 0.05) is 11.0 Å². The highest BCUT2D eigenvalue weighted by atomic mass is 79.9. The Bertz CT molecular complexity index is 973. The molecule has 1 atom stereocenters. The van der Waals surface area contributed by atoms with Crippen molar-refractivity contribution in [1.82, 2.24) is 14.5 Å². The largest absolute Gasteiger partial charge is 0.348 e. The molecule has 0 saturated carbocycles. The van der Waals surface area contributed by atoms with Crippen LogP contribution in [0.2, 0.25) is 0 Å². The van der Waals surface area contributed by atoms with Crippen molar-refractivity contribution in [1.29, 1.82) is 0 Å². The first-order valence-corrected chi connectivity index (χ1v) is 9.53. The Labute approximate surface area is 160 Å². The van der Waals surface area contributed by atoms with Crippen LogP contribution in [0.4, 0.5) is 0 Å². The van der Waals surface area contributed by atoms with Gasteiger partial charge in [-0.2, -0.15) is 0 Å². The predicted octanol–water partition coefficient (Wildman–Crippen LogP) is 3.85. The molecule has 0 fully saturated rings. The first kappa shape index (κ1) is 18.5. The number of carbonyl (C=O) groups is 1. The van der Waals surface area contributed by atoms with Crippen molar-refractivity contribution in [3.8, 4) is 0 Å². The number of amides is 1. The number of aryl methyl sites for hydroxylation is 1. The highest BCUT2D eigenvalue weighted by Gasteiger charge is 2.16. The van der Waals surface area contributed by atoms with Gasteiger partial charge in [-0.3, -0.25) is 13.9 Å². The first-order valence-electron chi connectivity index (χ1n) is 8.74. The highest BCUT2D eigenvalue weighted by Crippen LogP contribution is 2.17. The lowest BCUT2D eigenvalue weighted by molar-refractivity contribution is -0.122. The number of halogens is 1. The summed E-state index contributed by atoms with van der Waals surface area (Å²) >= 11 is 3.41. The number of fused-ring (bicyclic) bond motifs is 1. The van der Waals surface area contributed by atoms with Crippen LogP contribution in [-0.2, 0) is 17.9 Å². The molecule has 3 rings (SSSR count). The molecule has 1 amide bonds. The molecule has 0 radical (unpaired) electrons. The van der Waals surface area contributed by atoms with E-state index in [2.05, 4.69) is 21.2 Å². The van der Waals surface area contributed by atoms with Crippen molar-refractivity contribution in [2.24, 2.45) is 0 Å². The molecule has 1 aromatic heterocycles. The summed E-state index contributed by atoms with van der Waals surface area (Å²) in [6.07, 6.45) is 0.862. The summed E-state index contributed by atoms with van der Waals surface area (Å²) in [5, 5.41) is 2.97. The van der Waals surface area contributed by atoms with E-state index < -0.39 is 0 Å². The van der Waals surface area contributed by atoms with E-state index in [1.807, 2.05) is 62.4 Å². The minimum atomic E-state index is -0.179. The summed E-state index contributed by atoms with van der Waals surface area (Å²) in [7, 11) is 0. The first-order chi connectivity index (χ1) is 12.5. The molecule has 1 unspecified atom stereocenters. The fraction of sp³-hybridized carbons (Fsp3) is 0.300. The van der Waals surface area contributed by atoms with Gasteiger partial charge in [0.2, 0.25) is 5.91 Å². The van der Waals surface area contributed by atoms with Crippen molar-refractivity contribution < 1.29 is 4.79 Å². The van der Waals surface area contributed by atoms with Gasteiger partial charge >= 0.3 is 5.69 Å². The predicted molar refractivity (Wildman–Crippen MR) is 107 cm³/mol. The molecule has 0 bridgehead atoms. The topological polar surface area (TPSA) is 56.0 Å². The summed E-state index contributed by atoms with van der Waals surface area (Å²) in [5.74, 6) is -0.179. The molecule has 0 aliphatic carbocycles. The Morgan fingerprint density at radius 1 is 1.08 bits per heavy atom. The van der Waals surface area contributed by atoms with Crippen molar-refractivity contribution in [2.45, 2.75) is 39.4 Å². The Kier molecular flexibility index (Phi) is 5.61. The molecule has 5 nitrogen and oxygen atoms in total. The van der Waals surface area contributed by atoms with Gasteiger partial charge in [0.1, 0.15) is 6.54 Å². The number of hydrogen-bond donors (Lipinski definition) is 1. The van der Waals surface area contributed by atoms with Crippen molar-refractivity contribution in [3.05, 3.63) is 69.1 Å². The van der Waals surface area contributed by atoms with Gasteiger partial charge in [0.25, 0.3) is 0 Å². The standard InChI is InChI=1S/C20H22BrN3O2/c1-3-12-23-17-6-4-5-7-18(17)24(20(23)26)13-19(25)22-14(2)15-8-10-16(21)11-9-15/h4-11,14H,3,12-13H2,1-2H3,(H,22,25). The summed E-state index contributed by atoms with van der Waals surface area (Å²) in [4.78, 5) is 25.3. The number of para-hydroxylation sites is 2. The fourth-order valence-corrected chi connectivity index (χ4v) is 3.39. The van der Waals surface area contributed by atoms with Gasteiger partial charge < -0.3 is 5.32 Å². The number of rotatable bonds is 6. The molecule has 1 heterocycles. The smallest absolute Gasteiger partial charge is 0.329 e. The SMILES string of the molecule is CCCn1c(=O)n(CC(=O)NC(C)c2ccc(Br)cc2)c2ccccc21. The molecular weight excluding hydrogens is 394 g/mol. The molecule has 2 aromatic carbocycles. The third-order valence-corrected chi connectivity index (χ3v) is 4.95. The number of benzene rings is 2. The average Bonchev–Trinajstić information content (AvgIpc) is 2.88. The van der Waals surface area contributed by atoms with Gasteiger partial charge in [-0.15, -0.1) is 0 Å². The Morgan fingerprint density at radius 3 is 2.31 bits per heavy atom. The normalized spacial score (nSPS) is 12.3. The Hall–Kier alpha value is -2.34. The molecule has 0 spiro atoms. The van der Waals surface area contributed by atoms with Crippen LogP contribution in [0.1, 0.15) is 31.9 Å². The maximum atomic E-state index is 12.7. The van der Waals surface area contributed by atoms with Crippen LogP contribution in [-0.4, -0.2) is 15.0 Å². The zero-order valence-corrected chi connectivity index (χ0v) is 16.5. The maximum absolute atomic E-state index is 12.7. The number of nitrogens with one attached hydrogen (secondary N) is 1. The van der Waals surface area contributed by atoms with E-state index in [4.69, 9.17) is 0 Å². The van der Waals surface area contributed by atoms with Crippen LogP contribution in [0.15, 0.2) is 57.8 Å². The zero-order chi connectivity index (χ0) is 18.7. The van der Waals surface area contributed by atoms with Crippen LogP contribution in [0.25, 0.3) is 11.0 Å². The van der Waals surface area contributed by atoms with E-state index in [-0.39, 0.29) is 24.2 Å². The Balaban J connectivity index is 1.82. The molecule has 136 valence electrons. The number of aromatic nitrogens is 2. The van der Waals surface area contributed by atoms with Crippen molar-refractivity contribution in [3.63, 3.8) is 0 Å². The second kappa shape index (κ2) is 7.91. The minimum Gasteiger partial charge on any atom is -0.348 e. The average molecular weight is 416 g/mol. The summed E-state index contributed by atoms with van der Waals surface area (Å²) in [6, 6.07) is 15.3. The number of hydrogen-bond acceptors (Lipinski definition) is 2. The summed E-state index contributed by atoms with van der Waals surface area (Å²) in [5.41, 5.74) is 2.53. The number of imidazole rings is 1. The lowest BCUT2D eigenvalue weighted by Crippen LogP contribution is -2.34. The quantitative estimate of drug-likeness (QED) is 0.664. The second-order valence-electron chi connectivity index (χ2n) is 6.35. The van der Waals surface area contributed by atoms with Crippen LogP contribution in [0, 0.1) is 0 Å². The lowest BCUT2D eigenvalue weighted by Gasteiger charge is -2.14. The fourth-order valence-electron chi connectivity index (χ4n) is 3.13. The highest BCUT2D eigenvalue weighted by molar-refractivity contribution is 9.10. The van der Waals surface area contributed by atoms with E-state index in [9.17, 15) is 9.59 Å². The second-order valence-corrected chi connectivity index (χ2v) is 7.27. The van der Waals surface area contributed by atoms with E-state index in [1.54, 1.807) is 9.13 Å². The van der Waals surface area contributed by atoms with E-state index >= 15 is 0 Å². The molecule has 1 N–H and O–H groups in total. The molecule has 0 saturated heterocycles. The van der Waals surface area contributed by atoms with E-state index in [1.165, 1.54) is 0 Å². The van der Waals surface area contributed by atoms with E-state index in [0.717, 1.165) is 27.5 Å². The van der Waals surface area contributed by atoms with Gasteiger partial charge in [-0.25, -0.2) is 4.79 Å². The third-order valence-electron chi connectivity index (χ3n) is 4.42. The molecule has 6 heteroatoms. The van der Waals surface area contributed by atoms with Crippen LogP contribution in [0.3, 0.4) is 0 Å². The van der Waals surface area contributed by atoms with Crippen molar-refractivity contribution >= 4 is 32.9 Å². The lowest BCUT2D eigenvalue weighted by atomic mass is 10.1. The maximum Gasteiger partial charge on any atom is 0.329 e. The summed E-state index contributed by atoms with van der Waals surface area (Å²) < 4.78 is 4.28. The van der Waals surface area contributed by atoms with Crippen LogP contribution >= 0.6 is 15.9 Å². The van der Waals surface area contributed by atoms with E-state index in [0.29, 0.717) is 6.54 Å². The molecule has 26 heavy (non-hydrogen) atoms. The molecule has 3 aromatic rings. The number of nitrogens with zero attached hydrogens (tertiary/aromatic N) is 2. The van der Waals surface area contributed by atoms with Gasteiger partial charge in [0.15, 0.2) is 0 Å². The van der Waals surface area contributed by atoms with Gasteiger partial charge in [0.05, 0.1) is 17.1 Å². The summed E-state index contributed by atoms with van der Waals surface area (Å²) in [6.45, 7) is 4.62. The number of carbonyl (C=O) groups excluding carboxylic acids is 1. The zero-order valence-electron chi connectivity index (χ0n) is 14.9. The van der Waals surface area contributed by atoms with Crippen LogP contribution in [0.5, 0.6) is 0 Å². The molecule has 0 aliphatic rings. The molecule has 0 aliphatic heterocycles. The van der Waals surface area contributed by atoms with Crippen LogP contribution < -0.4 is 11.0 Å². The van der Waals surface area contributed by atoms with Gasteiger partial charge in [-0.05, 0) is 43.2 Å². The van der Waals surface area contributed by atoms with Gasteiger partial charge in [-0.1, -0.05) is 47.1 Å². The molecular formula is C20H22BrN3O2. The minimum absolute atomic E-state index is 0.0108. The van der Waals surface area contributed by atoms with Crippen molar-refractivity contribution in [2.75, 3.05) is 0 Å². The third kappa shape index (κ3) is 3.75. The monoisotopic (exact) mass is 415 g/mol. The Morgan fingerprint density at radius 2 is 1.69 bits per heavy atom.